The Balaban J connectivity index is 1.52. The Labute approximate surface area is 156 Å². The standard InChI is InChI=1S/C19H21N5OS/c1-2-6-20-16(4-1)15-14-22-19(23-18(15)17-5-3-13-26-17)21-7-8-24-9-11-25-12-10-24/h1-6,13-14H,7-12H2,(H,21,22,23). The van der Waals surface area contributed by atoms with Crippen molar-refractivity contribution in [3.63, 3.8) is 0 Å². The normalized spacial score (nSPS) is 15.1. The molecule has 1 aliphatic rings. The zero-order valence-electron chi connectivity index (χ0n) is 14.5. The second-order valence-electron chi connectivity index (χ2n) is 6.03. The fourth-order valence-electron chi connectivity index (χ4n) is 2.93. The van der Waals surface area contributed by atoms with E-state index in [2.05, 4.69) is 31.6 Å². The summed E-state index contributed by atoms with van der Waals surface area (Å²) < 4.78 is 5.39. The van der Waals surface area contributed by atoms with Crippen LogP contribution in [0.1, 0.15) is 0 Å². The van der Waals surface area contributed by atoms with Crippen molar-refractivity contribution in [1.29, 1.82) is 0 Å². The molecule has 26 heavy (non-hydrogen) atoms. The van der Waals surface area contributed by atoms with Crippen LogP contribution in [-0.2, 0) is 4.74 Å². The number of aromatic nitrogens is 3. The number of anilines is 1. The number of nitrogens with one attached hydrogen (secondary N) is 1. The third kappa shape index (κ3) is 4.07. The smallest absolute Gasteiger partial charge is 0.223 e. The van der Waals surface area contributed by atoms with Crippen LogP contribution in [0.2, 0.25) is 0 Å². The predicted molar refractivity (Wildman–Crippen MR) is 104 cm³/mol. The molecule has 7 heteroatoms. The van der Waals surface area contributed by atoms with Gasteiger partial charge in [0.1, 0.15) is 0 Å². The zero-order valence-corrected chi connectivity index (χ0v) is 15.3. The van der Waals surface area contributed by atoms with E-state index >= 15 is 0 Å². The Bertz CT molecular complexity index is 819. The molecule has 1 fully saturated rings. The van der Waals surface area contributed by atoms with Crippen molar-refractivity contribution in [2.75, 3.05) is 44.7 Å². The highest BCUT2D eigenvalue weighted by molar-refractivity contribution is 7.13. The lowest BCUT2D eigenvalue weighted by molar-refractivity contribution is 0.0398. The second kappa shape index (κ2) is 8.35. The lowest BCUT2D eigenvalue weighted by Gasteiger charge is -2.26. The van der Waals surface area contributed by atoms with E-state index in [1.54, 1.807) is 17.5 Å². The van der Waals surface area contributed by atoms with Crippen LogP contribution in [-0.4, -0.2) is 59.2 Å². The largest absolute Gasteiger partial charge is 0.379 e. The van der Waals surface area contributed by atoms with E-state index in [9.17, 15) is 0 Å². The molecule has 4 heterocycles. The maximum absolute atomic E-state index is 5.39. The van der Waals surface area contributed by atoms with Gasteiger partial charge >= 0.3 is 0 Å². The first-order chi connectivity index (χ1) is 12.9. The van der Waals surface area contributed by atoms with E-state index in [1.165, 1.54) is 0 Å². The first-order valence-corrected chi connectivity index (χ1v) is 9.64. The molecule has 3 aromatic heterocycles. The summed E-state index contributed by atoms with van der Waals surface area (Å²) >= 11 is 1.67. The Kier molecular flexibility index (Phi) is 5.49. The number of hydrogen-bond donors (Lipinski definition) is 1. The molecule has 1 N–H and O–H groups in total. The Hall–Kier alpha value is -2.35. The van der Waals surface area contributed by atoms with Crippen LogP contribution < -0.4 is 5.32 Å². The van der Waals surface area contributed by atoms with Gasteiger partial charge < -0.3 is 10.1 Å². The van der Waals surface area contributed by atoms with Gasteiger partial charge in [0.2, 0.25) is 5.95 Å². The van der Waals surface area contributed by atoms with E-state index in [0.29, 0.717) is 5.95 Å². The van der Waals surface area contributed by atoms with E-state index in [-0.39, 0.29) is 0 Å². The summed E-state index contributed by atoms with van der Waals surface area (Å²) in [7, 11) is 0. The summed E-state index contributed by atoms with van der Waals surface area (Å²) in [6, 6.07) is 10.00. The topological polar surface area (TPSA) is 63.2 Å². The number of ether oxygens (including phenoxy) is 1. The molecular formula is C19H21N5OS. The summed E-state index contributed by atoms with van der Waals surface area (Å²) in [5, 5.41) is 5.41. The summed E-state index contributed by atoms with van der Waals surface area (Å²) in [5.74, 6) is 0.654. The first-order valence-electron chi connectivity index (χ1n) is 8.76. The maximum Gasteiger partial charge on any atom is 0.223 e. The third-order valence-corrected chi connectivity index (χ3v) is 5.18. The van der Waals surface area contributed by atoms with Gasteiger partial charge in [0.15, 0.2) is 0 Å². The highest BCUT2D eigenvalue weighted by Gasteiger charge is 2.14. The molecule has 0 bridgehead atoms. The highest BCUT2D eigenvalue weighted by Crippen LogP contribution is 2.32. The molecule has 3 aromatic rings. The molecule has 0 aliphatic carbocycles. The summed E-state index contributed by atoms with van der Waals surface area (Å²) in [6.45, 7) is 5.38. The van der Waals surface area contributed by atoms with Crippen molar-refractivity contribution in [3.8, 4) is 21.8 Å². The SMILES string of the molecule is c1ccc(-c2cnc(NCCN3CCOCC3)nc2-c2cccs2)nc1. The Morgan fingerprint density at radius 3 is 2.81 bits per heavy atom. The minimum absolute atomic E-state index is 0.654. The van der Waals surface area contributed by atoms with Crippen LogP contribution in [0.15, 0.2) is 48.1 Å². The van der Waals surface area contributed by atoms with Gasteiger partial charge in [-0.3, -0.25) is 9.88 Å². The molecule has 6 nitrogen and oxygen atoms in total. The van der Waals surface area contributed by atoms with Crippen molar-refractivity contribution in [2.45, 2.75) is 0 Å². The number of nitrogens with zero attached hydrogens (tertiary/aromatic N) is 4. The van der Waals surface area contributed by atoms with Crippen LogP contribution in [0.4, 0.5) is 5.95 Å². The number of thiophene rings is 1. The fraction of sp³-hybridized carbons (Fsp3) is 0.316. The van der Waals surface area contributed by atoms with Gasteiger partial charge in [0.05, 0.1) is 29.5 Å². The Morgan fingerprint density at radius 2 is 2.04 bits per heavy atom. The minimum Gasteiger partial charge on any atom is -0.379 e. The highest BCUT2D eigenvalue weighted by atomic mass is 32.1. The number of hydrogen-bond acceptors (Lipinski definition) is 7. The van der Waals surface area contributed by atoms with E-state index in [4.69, 9.17) is 9.72 Å². The predicted octanol–water partition coefficient (Wildman–Crippen LogP) is 3.01. The Morgan fingerprint density at radius 1 is 1.12 bits per heavy atom. The third-order valence-electron chi connectivity index (χ3n) is 4.30. The molecule has 0 spiro atoms. The fourth-order valence-corrected chi connectivity index (χ4v) is 3.66. The zero-order chi connectivity index (χ0) is 17.6. The van der Waals surface area contributed by atoms with Gasteiger partial charge in [-0.2, -0.15) is 0 Å². The monoisotopic (exact) mass is 367 g/mol. The van der Waals surface area contributed by atoms with Crippen LogP contribution in [0.5, 0.6) is 0 Å². The molecule has 134 valence electrons. The van der Waals surface area contributed by atoms with Crippen LogP contribution >= 0.6 is 11.3 Å². The van der Waals surface area contributed by atoms with Gasteiger partial charge in [-0.1, -0.05) is 12.1 Å². The van der Waals surface area contributed by atoms with Gasteiger partial charge in [0, 0.05) is 44.1 Å². The summed E-state index contributed by atoms with van der Waals surface area (Å²) in [6.07, 6.45) is 3.66. The number of morpholine rings is 1. The van der Waals surface area contributed by atoms with Gasteiger partial charge in [-0.15, -0.1) is 11.3 Å². The van der Waals surface area contributed by atoms with Crippen molar-refractivity contribution in [3.05, 3.63) is 48.1 Å². The van der Waals surface area contributed by atoms with Crippen molar-refractivity contribution in [1.82, 2.24) is 19.9 Å². The molecule has 4 rings (SSSR count). The van der Waals surface area contributed by atoms with Crippen LogP contribution in [0, 0.1) is 0 Å². The number of pyridine rings is 1. The minimum atomic E-state index is 0.654. The quantitative estimate of drug-likeness (QED) is 0.723. The van der Waals surface area contributed by atoms with E-state index in [1.807, 2.05) is 30.5 Å². The molecule has 0 aromatic carbocycles. The molecule has 1 saturated heterocycles. The average Bonchev–Trinajstić information content (AvgIpc) is 3.24. The molecule has 0 unspecified atom stereocenters. The molecule has 0 atom stereocenters. The van der Waals surface area contributed by atoms with Crippen LogP contribution in [0.25, 0.3) is 21.8 Å². The van der Waals surface area contributed by atoms with Crippen molar-refractivity contribution >= 4 is 17.3 Å². The van der Waals surface area contributed by atoms with E-state index < -0.39 is 0 Å². The lowest BCUT2D eigenvalue weighted by Crippen LogP contribution is -2.39. The maximum atomic E-state index is 5.39. The lowest BCUT2D eigenvalue weighted by atomic mass is 10.1. The molecule has 0 saturated carbocycles. The van der Waals surface area contributed by atoms with Crippen molar-refractivity contribution in [2.24, 2.45) is 0 Å². The van der Waals surface area contributed by atoms with Gasteiger partial charge in [-0.25, -0.2) is 9.97 Å². The molecule has 0 amide bonds. The van der Waals surface area contributed by atoms with E-state index in [0.717, 1.165) is 61.2 Å². The van der Waals surface area contributed by atoms with Crippen LogP contribution in [0.3, 0.4) is 0 Å². The first kappa shape index (κ1) is 17.1. The number of rotatable bonds is 6. The van der Waals surface area contributed by atoms with Crippen molar-refractivity contribution < 1.29 is 4.74 Å². The second-order valence-corrected chi connectivity index (χ2v) is 6.98. The van der Waals surface area contributed by atoms with Gasteiger partial charge in [-0.05, 0) is 23.6 Å². The summed E-state index contributed by atoms with van der Waals surface area (Å²) in [4.78, 5) is 17.2. The molecule has 0 radical (unpaired) electrons. The van der Waals surface area contributed by atoms with Gasteiger partial charge in [0.25, 0.3) is 0 Å². The summed E-state index contributed by atoms with van der Waals surface area (Å²) in [5.41, 5.74) is 2.75. The average molecular weight is 367 g/mol. The molecular weight excluding hydrogens is 346 g/mol. The molecule has 1 aliphatic heterocycles.